The Kier molecular flexibility index (Phi) is 6.17. The Morgan fingerprint density at radius 1 is 0.756 bits per heavy atom. The molecule has 7 aromatic rings. The number of nitrogens with zero attached hydrogens (tertiary/aromatic N) is 1. The van der Waals surface area contributed by atoms with E-state index >= 15 is 0 Å². The highest BCUT2D eigenvalue weighted by Gasteiger charge is 2.40. The van der Waals surface area contributed by atoms with Gasteiger partial charge in [0.2, 0.25) is 0 Å². The minimum absolute atomic E-state index is 0.188. The van der Waals surface area contributed by atoms with Crippen LogP contribution in [-0.4, -0.2) is 11.1 Å². The molecule has 0 amide bonds. The zero-order chi connectivity index (χ0) is 30.9. The highest BCUT2D eigenvalue weighted by atomic mass is 32.1. The molecule has 0 bridgehead atoms. The monoisotopic (exact) mass is 599 g/mol. The quantitative estimate of drug-likeness (QED) is 0.117. The van der Waals surface area contributed by atoms with Crippen molar-refractivity contribution < 1.29 is 9.90 Å². The van der Waals surface area contributed by atoms with Crippen molar-refractivity contribution >= 4 is 55.7 Å². The topological polar surface area (TPSA) is 61.1 Å². The fourth-order valence-corrected chi connectivity index (χ4v) is 8.71. The van der Waals surface area contributed by atoms with E-state index in [1.807, 2.05) is 23.5 Å². The van der Waals surface area contributed by atoms with Gasteiger partial charge in [0.15, 0.2) is 0 Å². The number of hydrogen-bond donors (Lipinski definition) is 1. The molecule has 3 nitrogen and oxygen atoms in total. The number of hydrogen-bond acceptors (Lipinski definition) is 3. The average molecular weight is 600 g/mol. The average Bonchev–Trinajstić information content (AvgIpc) is 3.67. The van der Waals surface area contributed by atoms with Crippen molar-refractivity contribution in [1.82, 2.24) is 0 Å². The lowest BCUT2D eigenvalue weighted by atomic mass is 9.73. The molecule has 0 saturated heterocycles. The summed E-state index contributed by atoms with van der Waals surface area (Å²) in [7, 11) is 0. The van der Waals surface area contributed by atoms with E-state index in [-0.39, 0.29) is 11.0 Å². The van der Waals surface area contributed by atoms with Crippen molar-refractivity contribution in [2.75, 3.05) is 0 Å². The van der Waals surface area contributed by atoms with E-state index in [2.05, 4.69) is 111 Å². The van der Waals surface area contributed by atoms with Crippen LogP contribution in [0.3, 0.4) is 0 Å². The van der Waals surface area contributed by atoms with Crippen LogP contribution in [0.1, 0.15) is 43.4 Å². The smallest absolute Gasteiger partial charge is 0.346 e. The van der Waals surface area contributed by atoms with E-state index < -0.39 is 5.97 Å². The van der Waals surface area contributed by atoms with Gasteiger partial charge in [-0.05, 0) is 108 Å². The first-order valence-corrected chi connectivity index (χ1v) is 16.2. The summed E-state index contributed by atoms with van der Waals surface area (Å²) in [6.07, 6.45) is 3.31. The molecule has 1 N–H and O–H groups in total. The molecule has 8 rings (SSSR count). The Morgan fingerprint density at radius 2 is 1.38 bits per heavy atom. The molecule has 0 atom stereocenters. The van der Waals surface area contributed by atoms with E-state index in [1.165, 1.54) is 81.5 Å². The zero-order valence-electron chi connectivity index (χ0n) is 25.0. The first-order valence-electron chi connectivity index (χ1n) is 15.4. The lowest BCUT2D eigenvalue weighted by molar-refractivity contribution is -0.132. The SMILES string of the molecule is CCC1(CC)c2cc(/C=C(/C#N)C(=O)O)ccc2-c2ccc(-c3ccc(-c4ccc5ccc6cccc7ccc4c5c67)s3)cc21. The number of carbonyl (C=O) groups is 1. The lowest BCUT2D eigenvalue weighted by Gasteiger charge is -2.30. The maximum atomic E-state index is 11.5. The predicted octanol–water partition coefficient (Wildman–Crippen LogP) is 11.1. The number of carboxylic acid groups (broad SMARTS) is 1. The van der Waals surface area contributed by atoms with Gasteiger partial charge in [-0.1, -0.05) is 98.8 Å². The van der Waals surface area contributed by atoms with Gasteiger partial charge < -0.3 is 5.11 Å². The molecule has 0 aliphatic heterocycles. The Hall–Kier alpha value is -5.24. The third kappa shape index (κ3) is 3.98. The molecule has 1 heterocycles. The van der Waals surface area contributed by atoms with Gasteiger partial charge in [0.25, 0.3) is 0 Å². The predicted molar refractivity (Wildman–Crippen MR) is 187 cm³/mol. The van der Waals surface area contributed by atoms with Gasteiger partial charge in [0, 0.05) is 15.2 Å². The second-order valence-electron chi connectivity index (χ2n) is 12.0. The molecule has 1 aliphatic carbocycles. The summed E-state index contributed by atoms with van der Waals surface area (Å²) < 4.78 is 0. The Morgan fingerprint density at radius 3 is 2.09 bits per heavy atom. The van der Waals surface area contributed by atoms with Crippen LogP contribution in [0, 0.1) is 11.3 Å². The maximum Gasteiger partial charge on any atom is 0.346 e. The minimum Gasteiger partial charge on any atom is -0.477 e. The third-order valence-corrected chi connectivity index (χ3v) is 11.1. The van der Waals surface area contributed by atoms with Crippen LogP contribution < -0.4 is 0 Å². The zero-order valence-corrected chi connectivity index (χ0v) is 25.8. The summed E-state index contributed by atoms with van der Waals surface area (Å²) in [6.45, 7) is 4.46. The van der Waals surface area contributed by atoms with Gasteiger partial charge in [-0.2, -0.15) is 5.26 Å². The number of rotatable bonds is 6. The van der Waals surface area contributed by atoms with Crippen LogP contribution >= 0.6 is 11.3 Å². The van der Waals surface area contributed by atoms with E-state index in [0.717, 1.165) is 18.4 Å². The van der Waals surface area contributed by atoms with Crippen molar-refractivity contribution in [2.45, 2.75) is 32.1 Å². The molecule has 0 unspecified atom stereocenters. The molecular weight excluding hydrogens is 571 g/mol. The van der Waals surface area contributed by atoms with Gasteiger partial charge in [-0.25, -0.2) is 4.79 Å². The van der Waals surface area contributed by atoms with Gasteiger partial charge in [0.1, 0.15) is 11.6 Å². The number of thiophene rings is 1. The van der Waals surface area contributed by atoms with Crippen molar-refractivity contribution in [2.24, 2.45) is 0 Å². The minimum atomic E-state index is -1.21. The van der Waals surface area contributed by atoms with Crippen molar-refractivity contribution in [3.63, 3.8) is 0 Å². The number of benzene rings is 6. The summed E-state index contributed by atoms with van der Waals surface area (Å²) in [5.41, 5.74) is 7.70. The van der Waals surface area contributed by atoms with E-state index in [9.17, 15) is 15.2 Å². The van der Waals surface area contributed by atoms with E-state index in [1.54, 1.807) is 0 Å². The summed E-state index contributed by atoms with van der Waals surface area (Å²) in [5, 5.41) is 26.5. The van der Waals surface area contributed by atoms with Crippen LogP contribution in [0.5, 0.6) is 0 Å². The summed E-state index contributed by atoms with van der Waals surface area (Å²) in [5.74, 6) is -1.21. The largest absolute Gasteiger partial charge is 0.477 e. The van der Waals surface area contributed by atoms with E-state index in [4.69, 9.17) is 0 Å². The Labute approximate surface area is 265 Å². The summed E-state index contributed by atoms with van der Waals surface area (Å²) in [6, 6.07) is 39.3. The van der Waals surface area contributed by atoms with Crippen molar-refractivity contribution in [3.8, 4) is 38.1 Å². The van der Waals surface area contributed by atoms with Crippen LogP contribution in [0.25, 0.3) is 70.4 Å². The number of fused-ring (bicyclic) bond motifs is 3. The maximum absolute atomic E-state index is 11.5. The van der Waals surface area contributed by atoms with Gasteiger partial charge in [-0.15, -0.1) is 11.3 Å². The highest BCUT2D eigenvalue weighted by Crippen LogP contribution is 2.54. The highest BCUT2D eigenvalue weighted by molar-refractivity contribution is 7.18. The van der Waals surface area contributed by atoms with Gasteiger partial charge in [-0.3, -0.25) is 0 Å². The van der Waals surface area contributed by atoms with Gasteiger partial charge in [0.05, 0.1) is 0 Å². The first kappa shape index (κ1) is 27.3. The summed E-state index contributed by atoms with van der Waals surface area (Å²) in [4.78, 5) is 14.0. The Bertz CT molecular complexity index is 2380. The second kappa shape index (κ2) is 10.2. The Balaban J connectivity index is 1.22. The molecule has 0 fully saturated rings. The van der Waals surface area contributed by atoms with Crippen LogP contribution in [-0.2, 0) is 10.2 Å². The third-order valence-electron chi connectivity index (χ3n) is 9.94. The molecular formula is C41H29NO2S. The molecule has 6 aromatic carbocycles. The van der Waals surface area contributed by atoms with Crippen molar-refractivity contribution in [1.29, 1.82) is 5.26 Å². The fraction of sp³-hybridized carbons (Fsp3) is 0.122. The molecule has 0 spiro atoms. The first-order chi connectivity index (χ1) is 22.0. The molecule has 1 aliphatic rings. The number of nitriles is 1. The second-order valence-corrected chi connectivity index (χ2v) is 13.0. The molecule has 0 radical (unpaired) electrons. The van der Waals surface area contributed by atoms with Gasteiger partial charge >= 0.3 is 5.97 Å². The molecule has 1 aromatic heterocycles. The molecule has 216 valence electrons. The molecule has 4 heteroatoms. The van der Waals surface area contributed by atoms with E-state index in [0.29, 0.717) is 0 Å². The summed E-state index contributed by atoms with van der Waals surface area (Å²) >= 11 is 1.83. The van der Waals surface area contributed by atoms with Crippen molar-refractivity contribution in [3.05, 3.63) is 125 Å². The lowest BCUT2D eigenvalue weighted by Crippen LogP contribution is -2.23. The molecule has 0 saturated carbocycles. The standard InChI is InChI=1S/C41H29NO2S/c1-3-41(4-2)34-21-24(20-29(23-42)40(43)44)8-14-30(34)31-15-13-28(22-35(31)41)36-18-19-37(45-36)32-16-11-27-10-9-25-6-5-7-26-12-17-33(32)39(27)38(25)26/h5-22H,3-4H2,1-2H3,(H,43,44)/b29-20-. The number of carboxylic acids is 1. The van der Waals surface area contributed by atoms with Crippen LogP contribution in [0.15, 0.2) is 109 Å². The normalized spacial score (nSPS) is 13.8. The van der Waals surface area contributed by atoms with Crippen LogP contribution in [0.2, 0.25) is 0 Å². The van der Waals surface area contributed by atoms with Crippen LogP contribution in [0.4, 0.5) is 0 Å². The fourth-order valence-electron chi connectivity index (χ4n) is 7.66. The number of aliphatic carboxylic acids is 1. The molecule has 45 heavy (non-hydrogen) atoms.